The number of nitrogen functional groups attached to an aromatic ring is 4. The van der Waals surface area contributed by atoms with E-state index in [1.165, 1.54) is 89.8 Å². The number of rotatable bonds is 12. The maximum absolute atomic E-state index is 13.2. The van der Waals surface area contributed by atoms with Crippen LogP contribution in [0, 0.1) is 105 Å². The Morgan fingerprint density at radius 3 is 1.15 bits per heavy atom. The Hall–Kier alpha value is -15.9. The summed E-state index contributed by atoms with van der Waals surface area (Å²) in [5.41, 5.74) is 38.4. The van der Waals surface area contributed by atoms with Crippen molar-refractivity contribution in [3.8, 4) is 196 Å². The van der Waals surface area contributed by atoms with Crippen LogP contribution in [0.15, 0.2) is 252 Å². The zero-order valence-electron chi connectivity index (χ0n) is 62.4. The highest BCUT2D eigenvalue weighted by atomic mass is 32.1. The van der Waals surface area contributed by atoms with E-state index in [0.717, 1.165) is 60.7 Å². The number of phenols is 2. The standard InChI is InChI=1S/C21H17FN2O2.C19H13FN2.C19H12FNO3.C18H13FN2O.C18H13FN2S/c1-4-16-17(14-7-10-19(25-2)20(11-14)26-3)12-18(24-21(16)23)13-5-8-15(22)9-6-13;1-2-16-17(13-6-4-3-5-7-13)12-18(22-19(16)21)14-8-10-15(20)11-9-14;1-2-14-15(12-5-8-17(22)18(23)9-12)10-16(21-19(14)24)11-3-6-13(20)7-4-11;2*1-3-14-15(17-9-4-11(2)22-17)10-16(21-18(14)20)12-5-7-13(19)8-6-12/h1,5-12H,2-3H3,(H2,23,24);1,3-12H,(H2,21,22);1,3-10,22-23H,(H,21,24);2*1,4-10H,2H3,(H2,20,21). The molecule has 0 radical (unpaired) electrons. The van der Waals surface area contributed by atoms with E-state index in [1.807, 2.05) is 98.8 Å². The number of methoxy groups -OCH3 is 2. The highest BCUT2D eigenvalue weighted by Crippen LogP contribution is 2.40. The van der Waals surface area contributed by atoms with Crippen molar-refractivity contribution in [2.24, 2.45) is 0 Å². The van der Waals surface area contributed by atoms with Gasteiger partial charge < -0.3 is 52.0 Å². The van der Waals surface area contributed by atoms with Crippen LogP contribution in [0.5, 0.6) is 23.0 Å². The van der Waals surface area contributed by atoms with Gasteiger partial charge in [0.1, 0.15) is 63.9 Å². The number of aromatic amines is 1. The van der Waals surface area contributed by atoms with Gasteiger partial charge in [0, 0.05) is 65.5 Å². The molecule has 0 spiro atoms. The van der Waals surface area contributed by atoms with Crippen LogP contribution in [0.4, 0.5) is 45.2 Å². The SMILES string of the molecule is C#Cc1c(-c2ccc(C)o2)cc(-c2ccc(F)cc2)nc1N.C#Cc1c(-c2ccc(C)s2)cc(-c2ccc(F)cc2)nc1N.C#Cc1c(-c2ccc(O)c(O)c2)cc(-c2ccc(F)cc2)[nH]c1=O.C#Cc1c(-c2ccc(OC)c(OC)c2)cc(-c2ccc(F)cc2)nc1N.C#Cc1c(-c2ccccc2)cc(-c2ccc(F)cc2)nc1N. The molecule has 15 rings (SSSR count). The highest BCUT2D eigenvalue weighted by molar-refractivity contribution is 7.15. The lowest BCUT2D eigenvalue weighted by Crippen LogP contribution is -2.12. The normalized spacial score (nSPS) is 10.3. The second-order valence-corrected chi connectivity index (χ2v) is 26.6. The average Bonchev–Trinajstić information content (AvgIpc) is 1.00. The number of halogens is 5. The molecule has 7 aromatic heterocycles. The van der Waals surface area contributed by atoms with Crippen LogP contribution >= 0.6 is 11.3 Å². The number of hydrogen-bond acceptors (Lipinski definition) is 15. The molecule has 570 valence electrons. The van der Waals surface area contributed by atoms with Gasteiger partial charge in [0.25, 0.3) is 5.56 Å². The zero-order chi connectivity index (χ0) is 82.9. The number of nitrogens with two attached hydrogens (primary N) is 4. The monoisotopic (exact) mass is 1560 g/mol. The number of aryl methyl sites for hydroxylation is 2. The number of anilines is 4. The Kier molecular flexibility index (Phi) is 25.7. The third-order valence-corrected chi connectivity index (χ3v) is 18.8. The molecule has 0 amide bonds. The summed E-state index contributed by atoms with van der Waals surface area (Å²) in [5.74, 6) is 14.2. The molecule has 8 aromatic carbocycles. The van der Waals surface area contributed by atoms with Crippen LogP contribution in [0.3, 0.4) is 0 Å². The van der Waals surface area contributed by atoms with Gasteiger partial charge in [-0.15, -0.1) is 43.5 Å². The number of thiophene rings is 1. The van der Waals surface area contributed by atoms with E-state index in [0.29, 0.717) is 102 Å². The van der Waals surface area contributed by atoms with Gasteiger partial charge in [-0.1, -0.05) is 72.1 Å². The van der Waals surface area contributed by atoms with E-state index in [1.54, 1.807) is 98.4 Å². The van der Waals surface area contributed by atoms with Crippen LogP contribution in [0.1, 0.15) is 38.5 Å². The minimum absolute atomic E-state index is 0.103. The van der Waals surface area contributed by atoms with Gasteiger partial charge >= 0.3 is 0 Å². The fourth-order valence-corrected chi connectivity index (χ4v) is 12.9. The van der Waals surface area contributed by atoms with Gasteiger partial charge in [-0.25, -0.2) is 41.9 Å². The van der Waals surface area contributed by atoms with E-state index < -0.39 is 5.56 Å². The lowest BCUT2D eigenvalue weighted by molar-refractivity contribution is 0.355. The number of aromatic nitrogens is 5. The van der Waals surface area contributed by atoms with E-state index in [-0.39, 0.29) is 57.8 Å². The zero-order valence-corrected chi connectivity index (χ0v) is 63.2. The van der Waals surface area contributed by atoms with E-state index in [9.17, 15) is 37.0 Å². The van der Waals surface area contributed by atoms with Gasteiger partial charge in [-0.2, -0.15) is 0 Å². The molecule has 0 saturated heterocycles. The number of hydrogen-bond donors (Lipinski definition) is 7. The first-order chi connectivity index (χ1) is 55.9. The lowest BCUT2D eigenvalue weighted by Gasteiger charge is -2.13. The number of pyridine rings is 5. The van der Waals surface area contributed by atoms with Crippen molar-refractivity contribution in [2.75, 3.05) is 37.2 Å². The topological polar surface area (TPSA) is 261 Å². The van der Waals surface area contributed by atoms with Crippen LogP contribution in [0.2, 0.25) is 0 Å². The molecule has 116 heavy (non-hydrogen) atoms. The maximum Gasteiger partial charge on any atom is 0.264 e. The second-order valence-electron chi connectivity index (χ2n) is 25.3. The maximum atomic E-state index is 13.2. The first-order valence-corrected chi connectivity index (χ1v) is 35.8. The Morgan fingerprint density at radius 1 is 0.379 bits per heavy atom. The molecule has 11 N–H and O–H groups in total. The second kappa shape index (κ2) is 36.8. The molecule has 7 heterocycles. The van der Waals surface area contributed by atoms with Crippen LogP contribution in [-0.4, -0.2) is 49.4 Å². The Bertz CT molecular complexity index is 6270. The minimum Gasteiger partial charge on any atom is -0.504 e. The number of nitrogens with zero attached hydrogens (tertiary/aromatic N) is 4. The molecule has 15 aromatic rings. The Balaban J connectivity index is 0.000000143. The van der Waals surface area contributed by atoms with Crippen molar-refractivity contribution in [1.29, 1.82) is 0 Å². The van der Waals surface area contributed by atoms with Crippen molar-refractivity contribution in [2.45, 2.75) is 13.8 Å². The molecule has 0 saturated carbocycles. The fourth-order valence-electron chi connectivity index (χ4n) is 12.0. The van der Waals surface area contributed by atoms with Crippen LogP contribution in [0.25, 0.3) is 111 Å². The quantitative estimate of drug-likeness (QED) is 0.0341. The first-order valence-electron chi connectivity index (χ1n) is 35.0. The lowest BCUT2D eigenvalue weighted by atomic mass is 9.97. The van der Waals surface area contributed by atoms with Crippen molar-refractivity contribution in [3.63, 3.8) is 0 Å². The minimum atomic E-state index is -0.470. The summed E-state index contributed by atoms with van der Waals surface area (Å²) in [4.78, 5) is 34.5. The summed E-state index contributed by atoms with van der Waals surface area (Å²) in [5, 5.41) is 19.1. The summed E-state index contributed by atoms with van der Waals surface area (Å²) in [6, 6.07) is 66.2. The van der Waals surface area contributed by atoms with Gasteiger partial charge in [0.15, 0.2) is 23.0 Å². The summed E-state index contributed by atoms with van der Waals surface area (Å²) in [6.45, 7) is 3.89. The molecular weight excluding hydrogens is 1490 g/mol. The van der Waals surface area contributed by atoms with Crippen molar-refractivity contribution in [3.05, 3.63) is 321 Å². The number of terminal acetylenes is 5. The predicted octanol–water partition coefficient (Wildman–Crippen LogP) is 20.0. The number of ether oxygens (including phenoxy) is 2. The molecule has 0 bridgehead atoms. The number of benzene rings is 8. The summed E-state index contributed by atoms with van der Waals surface area (Å²) in [7, 11) is 3.13. The highest BCUT2D eigenvalue weighted by Gasteiger charge is 2.20. The van der Waals surface area contributed by atoms with Crippen molar-refractivity contribution in [1.82, 2.24) is 24.9 Å². The molecule has 0 unspecified atom stereocenters. The number of phenolic OH excluding ortho intramolecular Hbond substituents is 2. The number of aromatic hydroxyl groups is 2. The van der Waals surface area contributed by atoms with E-state index >= 15 is 0 Å². The smallest absolute Gasteiger partial charge is 0.264 e. The molecule has 0 aliphatic carbocycles. The van der Waals surface area contributed by atoms with Gasteiger partial charge in [0.2, 0.25) is 0 Å². The molecule has 21 heteroatoms. The molecule has 0 aliphatic rings. The molecular formula is C95H68F5N9O6S. The fraction of sp³-hybridized carbons (Fsp3) is 0.0421. The van der Waals surface area contributed by atoms with Gasteiger partial charge in [-0.05, 0) is 236 Å². The molecule has 0 aliphatic heterocycles. The van der Waals surface area contributed by atoms with Crippen molar-refractivity contribution >= 4 is 34.6 Å². The van der Waals surface area contributed by atoms with Crippen LogP contribution < -0.4 is 38.0 Å². The predicted molar refractivity (Wildman–Crippen MR) is 452 cm³/mol. The van der Waals surface area contributed by atoms with E-state index in [4.69, 9.17) is 68.9 Å². The third-order valence-electron chi connectivity index (χ3n) is 17.7. The van der Waals surface area contributed by atoms with E-state index in [2.05, 4.69) is 54.5 Å². The van der Waals surface area contributed by atoms with Crippen molar-refractivity contribution < 1.29 is 46.1 Å². The summed E-state index contributed by atoms with van der Waals surface area (Å²) < 4.78 is 81.8. The first kappa shape index (κ1) is 81.1. The largest absolute Gasteiger partial charge is 0.504 e. The van der Waals surface area contributed by atoms with Crippen LogP contribution in [-0.2, 0) is 0 Å². The molecule has 15 nitrogen and oxygen atoms in total. The average molecular weight is 1560 g/mol. The Morgan fingerprint density at radius 2 is 0.750 bits per heavy atom. The summed E-state index contributed by atoms with van der Waals surface area (Å²) in [6.07, 6.45) is 27.8. The Labute approximate surface area is 669 Å². The molecule has 0 fully saturated rings. The molecule has 0 atom stereocenters. The third kappa shape index (κ3) is 19.1. The van der Waals surface area contributed by atoms with Gasteiger partial charge in [-0.3, -0.25) is 4.79 Å². The number of H-pyrrole nitrogens is 1. The summed E-state index contributed by atoms with van der Waals surface area (Å²) >= 11 is 1.65. The van der Waals surface area contributed by atoms with Gasteiger partial charge in [0.05, 0.1) is 64.8 Å². The number of furan rings is 1. The number of nitrogens with one attached hydrogen (secondary N) is 1.